The van der Waals surface area contributed by atoms with Gasteiger partial charge in [0.25, 0.3) is 0 Å². The summed E-state index contributed by atoms with van der Waals surface area (Å²) in [5.41, 5.74) is -0.708. The third-order valence-electron chi connectivity index (χ3n) is 9.47. The second-order valence-electron chi connectivity index (χ2n) is 10.6. The number of epoxide rings is 1. The Hall–Kier alpha value is -1.17. The lowest BCUT2D eigenvalue weighted by molar-refractivity contribution is -0.172. The van der Waals surface area contributed by atoms with E-state index in [-0.39, 0.29) is 35.0 Å². The summed E-state index contributed by atoms with van der Waals surface area (Å²) >= 11 is 0. The van der Waals surface area contributed by atoms with Gasteiger partial charge in [-0.15, -0.1) is 0 Å². The number of ether oxygens (including phenoxy) is 3. The van der Waals surface area contributed by atoms with Crippen LogP contribution in [0.5, 0.6) is 0 Å². The first kappa shape index (κ1) is 19.8. The minimum Gasteiger partial charge on any atom is -0.465 e. The van der Waals surface area contributed by atoms with Crippen molar-refractivity contribution in [1.29, 1.82) is 0 Å². The van der Waals surface area contributed by atoms with Crippen molar-refractivity contribution in [2.75, 3.05) is 6.61 Å². The highest BCUT2D eigenvalue weighted by molar-refractivity contribution is 5.66. The zero-order chi connectivity index (χ0) is 20.6. The number of fused-ring (bicyclic) bond motifs is 4. The Kier molecular flexibility index (Phi) is 4.37. The summed E-state index contributed by atoms with van der Waals surface area (Å²) in [6.07, 6.45) is 5.90. The highest BCUT2D eigenvalue weighted by Crippen LogP contribution is 2.73. The molecule has 1 heterocycles. The molecule has 0 amide bonds. The summed E-state index contributed by atoms with van der Waals surface area (Å²) in [6.45, 7) is 5.60. The second kappa shape index (κ2) is 6.41. The highest BCUT2D eigenvalue weighted by atomic mass is 19.1. The van der Waals surface area contributed by atoms with Gasteiger partial charge in [-0.05, 0) is 62.7 Å². The number of carbonyl (C=O) groups excluding carboxylic acids is 2. The summed E-state index contributed by atoms with van der Waals surface area (Å²) < 4.78 is 32.1. The fourth-order valence-electron chi connectivity index (χ4n) is 8.26. The molecule has 0 aromatic rings. The predicted octanol–water partition coefficient (Wildman–Crippen LogP) is 3.97. The van der Waals surface area contributed by atoms with Gasteiger partial charge in [0.2, 0.25) is 0 Å². The first-order chi connectivity index (χ1) is 13.7. The fourth-order valence-corrected chi connectivity index (χ4v) is 8.26. The van der Waals surface area contributed by atoms with Gasteiger partial charge in [0, 0.05) is 31.1 Å². The summed E-state index contributed by atoms with van der Waals surface area (Å²) in [7, 11) is 0. The number of alkyl halides is 1. The van der Waals surface area contributed by atoms with Crippen molar-refractivity contribution in [1.82, 2.24) is 0 Å². The smallest absolute Gasteiger partial charge is 0.302 e. The van der Waals surface area contributed by atoms with Crippen LogP contribution in [-0.2, 0) is 23.8 Å². The molecule has 1 saturated heterocycles. The average molecular weight is 409 g/mol. The van der Waals surface area contributed by atoms with Gasteiger partial charge in [-0.1, -0.05) is 6.92 Å². The van der Waals surface area contributed by atoms with Gasteiger partial charge in [0.15, 0.2) is 0 Å². The number of rotatable bonds is 3. The van der Waals surface area contributed by atoms with Crippen LogP contribution in [0, 0.1) is 28.6 Å². The number of esters is 2. The van der Waals surface area contributed by atoms with Crippen molar-refractivity contribution in [2.24, 2.45) is 28.6 Å². The molecule has 6 heteroatoms. The Balaban J connectivity index is 1.47. The van der Waals surface area contributed by atoms with Crippen molar-refractivity contribution < 1.29 is 28.2 Å². The average Bonchev–Trinajstić information content (AvgIpc) is 3.24. The molecule has 0 radical (unpaired) electrons. The molecule has 1 aliphatic heterocycles. The monoisotopic (exact) mass is 408 g/mol. The zero-order valence-electron chi connectivity index (χ0n) is 17.7. The first-order valence-electron chi connectivity index (χ1n) is 11.3. The van der Waals surface area contributed by atoms with Gasteiger partial charge in [-0.2, -0.15) is 0 Å². The van der Waals surface area contributed by atoms with Crippen LogP contribution in [0.25, 0.3) is 0 Å². The predicted molar refractivity (Wildman–Crippen MR) is 103 cm³/mol. The van der Waals surface area contributed by atoms with E-state index in [0.29, 0.717) is 37.2 Å². The molecule has 0 bridgehead atoms. The lowest BCUT2D eigenvalue weighted by Gasteiger charge is -2.59. The molecule has 5 nitrogen and oxygen atoms in total. The third-order valence-corrected chi connectivity index (χ3v) is 9.47. The van der Waals surface area contributed by atoms with Crippen molar-refractivity contribution in [3.63, 3.8) is 0 Å². The molecular weight excluding hydrogens is 375 g/mol. The molecular formula is C23H33FO5. The van der Waals surface area contributed by atoms with Gasteiger partial charge in [-0.25, -0.2) is 4.39 Å². The summed E-state index contributed by atoms with van der Waals surface area (Å²) in [5, 5.41) is 0. The summed E-state index contributed by atoms with van der Waals surface area (Å²) in [4.78, 5) is 23.3. The van der Waals surface area contributed by atoms with E-state index in [1.807, 2.05) is 0 Å². The van der Waals surface area contributed by atoms with E-state index in [4.69, 9.17) is 14.2 Å². The van der Waals surface area contributed by atoms with Crippen LogP contribution < -0.4 is 0 Å². The standard InChI is InChI=1S/C23H33FO5/c1-13(25)27-12-22-9-6-15(24)11-23(22)20(29-23)10-16-17-4-5-19(28-14(2)26)21(17,3)8-7-18(16)22/h15-20H,4-12H2,1-3H3/t15-,16-,17-,18-,19-,20+,21-,22-,23+/m0/s1. The molecule has 1 spiro atoms. The number of halogens is 1. The van der Waals surface area contributed by atoms with Crippen LogP contribution >= 0.6 is 0 Å². The van der Waals surface area contributed by atoms with Gasteiger partial charge in [-0.3, -0.25) is 9.59 Å². The van der Waals surface area contributed by atoms with E-state index >= 15 is 0 Å². The molecule has 9 atom stereocenters. The van der Waals surface area contributed by atoms with E-state index in [1.54, 1.807) is 0 Å². The van der Waals surface area contributed by atoms with Crippen molar-refractivity contribution in [3.05, 3.63) is 0 Å². The van der Waals surface area contributed by atoms with Gasteiger partial charge < -0.3 is 14.2 Å². The summed E-state index contributed by atoms with van der Waals surface area (Å²) in [6, 6.07) is 0. The maximum absolute atomic E-state index is 14.4. The lowest BCUT2D eigenvalue weighted by Crippen LogP contribution is -2.61. The highest BCUT2D eigenvalue weighted by Gasteiger charge is 2.78. The Bertz CT molecular complexity index is 726. The molecule has 5 rings (SSSR count). The van der Waals surface area contributed by atoms with E-state index in [1.165, 1.54) is 13.8 Å². The molecule has 4 saturated carbocycles. The van der Waals surface area contributed by atoms with E-state index < -0.39 is 11.8 Å². The molecule has 5 aliphatic rings. The van der Waals surface area contributed by atoms with Gasteiger partial charge in [0.05, 0.1) is 6.10 Å². The molecule has 0 unspecified atom stereocenters. The quantitative estimate of drug-likeness (QED) is 0.522. The Labute approximate surface area is 172 Å². The maximum Gasteiger partial charge on any atom is 0.302 e. The molecule has 0 N–H and O–H groups in total. The van der Waals surface area contributed by atoms with E-state index in [2.05, 4.69) is 6.92 Å². The van der Waals surface area contributed by atoms with E-state index in [0.717, 1.165) is 38.5 Å². The number of carbonyl (C=O) groups is 2. The lowest BCUT2D eigenvalue weighted by atomic mass is 9.44. The zero-order valence-corrected chi connectivity index (χ0v) is 17.7. The van der Waals surface area contributed by atoms with Crippen molar-refractivity contribution in [2.45, 2.75) is 96.1 Å². The largest absolute Gasteiger partial charge is 0.465 e. The molecule has 0 aromatic heterocycles. The SMILES string of the molecule is CC(=O)OC[C@]12CC[C@H](F)C[C@]13O[C@@H]3C[C@H]1[C@@H]3CC[C@H](OC(C)=O)[C@@]3(C)CC[C@@H]12. The van der Waals surface area contributed by atoms with Crippen molar-refractivity contribution in [3.8, 4) is 0 Å². The fraction of sp³-hybridized carbons (Fsp3) is 0.913. The van der Waals surface area contributed by atoms with Crippen LogP contribution in [0.3, 0.4) is 0 Å². The van der Waals surface area contributed by atoms with Crippen LogP contribution in [0.2, 0.25) is 0 Å². The van der Waals surface area contributed by atoms with Crippen molar-refractivity contribution >= 4 is 11.9 Å². The molecule has 162 valence electrons. The number of hydrogen-bond donors (Lipinski definition) is 0. The normalized spacial score (nSPS) is 52.4. The summed E-state index contributed by atoms with van der Waals surface area (Å²) in [5.74, 6) is 0.849. The Morgan fingerprint density at radius 3 is 2.59 bits per heavy atom. The van der Waals surface area contributed by atoms with Crippen LogP contribution in [0.15, 0.2) is 0 Å². The number of hydrogen-bond acceptors (Lipinski definition) is 5. The topological polar surface area (TPSA) is 65.1 Å². The molecule has 5 fully saturated rings. The van der Waals surface area contributed by atoms with Gasteiger partial charge >= 0.3 is 11.9 Å². The Morgan fingerprint density at radius 1 is 1.07 bits per heavy atom. The van der Waals surface area contributed by atoms with E-state index in [9.17, 15) is 14.0 Å². The first-order valence-corrected chi connectivity index (χ1v) is 11.3. The van der Waals surface area contributed by atoms with Crippen LogP contribution in [0.4, 0.5) is 4.39 Å². The Morgan fingerprint density at radius 2 is 1.86 bits per heavy atom. The third kappa shape index (κ3) is 2.66. The minimum absolute atomic E-state index is 0.00163. The minimum atomic E-state index is -0.823. The van der Waals surface area contributed by atoms with Crippen LogP contribution in [-0.4, -0.2) is 42.5 Å². The van der Waals surface area contributed by atoms with Gasteiger partial charge in [0.1, 0.15) is 24.5 Å². The maximum atomic E-state index is 14.4. The molecule has 29 heavy (non-hydrogen) atoms. The molecule has 0 aromatic carbocycles. The van der Waals surface area contributed by atoms with Crippen LogP contribution in [0.1, 0.15) is 72.1 Å². The second-order valence-corrected chi connectivity index (χ2v) is 10.6. The molecule has 4 aliphatic carbocycles.